The van der Waals surface area contributed by atoms with Crippen LogP contribution in [-0.4, -0.2) is 70.7 Å². The van der Waals surface area contributed by atoms with E-state index in [1.165, 1.54) is 180 Å². The van der Waals surface area contributed by atoms with Gasteiger partial charge >= 0.3 is 5.97 Å². The van der Waals surface area contributed by atoms with Crippen LogP contribution in [0.25, 0.3) is 0 Å². The summed E-state index contributed by atoms with van der Waals surface area (Å²) in [6.45, 7) is 5.43. The number of carbonyl (C=O) groups excluding carboxylic acids is 1. The average molecular weight is 856 g/mol. The van der Waals surface area contributed by atoms with Crippen LogP contribution in [0.2, 0.25) is 0 Å². The molecule has 0 fully saturated rings. The summed E-state index contributed by atoms with van der Waals surface area (Å²) in [6.07, 6.45) is 50.5. The molecule has 0 heterocycles. The summed E-state index contributed by atoms with van der Waals surface area (Å²) in [5.74, 6) is -0.334. The fourth-order valence-electron chi connectivity index (χ4n) is 7.07. The summed E-state index contributed by atoms with van der Waals surface area (Å²) in [7, 11) is 1.36. The van der Waals surface area contributed by atoms with Gasteiger partial charge in [0, 0.05) is 13.0 Å². The molecule has 0 saturated heterocycles. The van der Waals surface area contributed by atoms with Gasteiger partial charge in [0.25, 0.3) is 7.82 Å². The largest absolute Gasteiger partial charge is 0.756 e. The molecule has 0 aliphatic carbocycles. The Kier molecular flexibility index (Phi) is 42.9. The number of carbonyl (C=O) groups is 1. The zero-order valence-electron chi connectivity index (χ0n) is 39.7. The Bertz CT molecular complexity index is 998. The molecule has 0 aliphatic heterocycles. The number of ether oxygens (including phenoxy) is 2. The molecule has 8 nitrogen and oxygen atoms in total. The predicted octanol–water partition coefficient (Wildman–Crippen LogP) is 14.5. The second-order valence-corrected chi connectivity index (χ2v) is 19.6. The number of nitrogens with zero attached hydrogens (tertiary/aromatic N) is 1. The number of allylic oxidation sites excluding steroid dienone is 4. The highest BCUT2D eigenvalue weighted by Crippen LogP contribution is 2.38. The third-order valence-electron chi connectivity index (χ3n) is 11.0. The van der Waals surface area contributed by atoms with E-state index in [2.05, 4.69) is 38.2 Å². The molecule has 0 rings (SSSR count). The van der Waals surface area contributed by atoms with E-state index >= 15 is 0 Å². The predicted molar refractivity (Wildman–Crippen MR) is 250 cm³/mol. The summed E-state index contributed by atoms with van der Waals surface area (Å²) in [4.78, 5) is 25.1. The lowest BCUT2D eigenvalue weighted by Crippen LogP contribution is -2.37. The van der Waals surface area contributed by atoms with E-state index in [0.717, 1.165) is 32.1 Å². The van der Waals surface area contributed by atoms with Gasteiger partial charge in [-0.2, -0.15) is 0 Å². The van der Waals surface area contributed by atoms with Crippen LogP contribution in [0.1, 0.15) is 232 Å². The molecule has 0 aromatic carbocycles. The highest BCUT2D eigenvalue weighted by molar-refractivity contribution is 7.45. The van der Waals surface area contributed by atoms with Gasteiger partial charge in [-0.05, 0) is 64.2 Å². The third kappa shape index (κ3) is 47.9. The summed E-state index contributed by atoms with van der Waals surface area (Å²) in [5.41, 5.74) is 0. The van der Waals surface area contributed by atoms with Gasteiger partial charge in [-0.15, -0.1) is 0 Å². The molecule has 0 radical (unpaired) electrons. The van der Waals surface area contributed by atoms with E-state index in [1.807, 2.05) is 21.1 Å². The third-order valence-corrected chi connectivity index (χ3v) is 11.9. The van der Waals surface area contributed by atoms with Gasteiger partial charge < -0.3 is 27.9 Å². The van der Waals surface area contributed by atoms with Crippen LogP contribution >= 0.6 is 7.82 Å². The molecule has 2 atom stereocenters. The van der Waals surface area contributed by atoms with Crippen molar-refractivity contribution in [3.8, 4) is 0 Å². The van der Waals surface area contributed by atoms with Crippen molar-refractivity contribution in [2.45, 2.75) is 238 Å². The maximum atomic E-state index is 12.7. The fraction of sp³-hybridized carbons (Fsp3) is 0.900. The highest BCUT2D eigenvalue weighted by Gasteiger charge is 2.20. The number of unbranched alkanes of at least 4 members (excludes halogenated alkanes) is 29. The maximum absolute atomic E-state index is 12.7. The van der Waals surface area contributed by atoms with Crippen molar-refractivity contribution in [3.63, 3.8) is 0 Å². The standard InChI is InChI=1S/C50H98NO7P/c1-6-8-10-12-14-16-18-20-22-24-26-27-29-31-33-35-37-39-41-43-50(52)58-49(48-57-59(53,54)56-46-44-51(3,4)5)47-55-45-42-40-38-36-34-32-30-28-25-23-21-19-17-15-13-11-9-7-2/h20-23,49H,6-19,24-48H2,1-5H3/b22-20-,23-21-. The average Bonchev–Trinajstić information content (AvgIpc) is 3.19. The zero-order valence-corrected chi connectivity index (χ0v) is 40.6. The number of hydrogen-bond acceptors (Lipinski definition) is 7. The minimum Gasteiger partial charge on any atom is -0.756 e. The van der Waals surface area contributed by atoms with Crippen molar-refractivity contribution < 1.29 is 37.3 Å². The molecule has 2 unspecified atom stereocenters. The highest BCUT2D eigenvalue weighted by atomic mass is 31.2. The smallest absolute Gasteiger partial charge is 0.306 e. The van der Waals surface area contributed by atoms with Gasteiger partial charge in [0.2, 0.25) is 0 Å². The molecule has 0 aromatic rings. The quantitative estimate of drug-likeness (QED) is 0.0198. The van der Waals surface area contributed by atoms with Crippen molar-refractivity contribution in [2.75, 3.05) is 54.1 Å². The minimum absolute atomic E-state index is 0.0267. The molecule has 350 valence electrons. The van der Waals surface area contributed by atoms with E-state index in [1.54, 1.807) is 0 Å². The Morgan fingerprint density at radius 1 is 0.508 bits per heavy atom. The monoisotopic (exact) mass is 856 g/mol. The molecule has 0 bridgehead atoms. The van der Waals surface area contributed by atoms with Crippen LogP contribution in [0.3, 0.4) is 0 Å². The minimum atomic E-state index is -4.53. The van der Waals surface area contributed by atoms with E-state index < -0.39 is 13.9 Å². The zero-order chi connectivity index (χ0) is 43.4. The van der Waals surface area contributed by atoms with Gasteiger partial charge in [0.1, 0.15) is 19.3 Å². The van der Waals surface area contributed by atoms with Crippen LogP contribution in [0.4, 0.5) is 0 Å². The van der Waals surface area contributed by atoms with Gasteiger partial charge in [-0.1, -0.05) is 186 Å². The van der Waals surface area contributed by atoms with Gasteiger partial charge in [0.05, 0.1) is 34.4 Å². The Hall–Kier alpha value is -1.02. The SMILES string of the molecule is CCCCCCCC/C=C\CCCCCCCCCCCC(=O)OC(COCCCCCCCCCC/C=C\CCCCCCCC)COP(=O)([O-])OCC[N+](C)(C)C. The number of quaternary nitrogens is 1. The molecule has 0 aliphatic rings. The Morgan fingerprint density at radius 3 is 1.29 bits per heavy atom. The van der Waals surface area contributed by atoms with Crippen LogP contribution < -0.4 is 4.89 Å². The van der Waals surface area contributed by atoms with Crippen LogP contribution in [0, 0.1) is 0 Å². The van der Waals surface area contributed by atoms with E-state index in [4.69, 9.17) is 18.5 Å². The van der Waals surface area contributed by atoms with Gasteiger partial charge in [-0.25, -0.2) is 0 Å². The van der Waals surface area contributed by atoms with E-state index in [-0.39, 0.29) is 25.8 Å². The first-order valence-electron chi connectivity index (χ1n) is 25.1. The van der Waals surface area contributed by atoms with Crippen molar-refractivity contribution in [2.24, 2.45) is 0 Å². The number of phosphoric acid groups is 1. The lowest BCUT2D eigenvalue weighted by atomic mass is 10.1. The lowest BCUT2D eigenvalue weighted by Gasteiger charge is -2.28. The van der Waals surface area contributed by atoms with Crippen molar-refractivity contribution in [3.05, 3.63) is 24.3 Å². The first-order valence-corrected chi connectivity index (χ1v) is 26.5. The van der Waals surface area contributed by atoms with Gasteiger partial charge in [-0.3, -0.25) is 9.36 Å². The summed E-state index contributed by atoms with van der Waals surface area (Å²) in [5, 5.41) is 0. The lowest BCUT2D eigenvalue weighted by molar-refractivity contribution is -0.870. The van der Waals surface area contributed by atoms with Crippen molar-refractivity contribution >= 4 is 13.8 Å². The van der Waals surface area contributed by atoms with E-state index in [9.17, 15) is 14.3 Å². The summed E-state index contributed by atoms with van der Waals surface area (Å²) < 4.78 is 34.7. The normalized spacial score (nSPS) is 13.8. The van der Waals surface area contributed by atoms with Crippen LogP contribution in [0.5, 0.6) is 0 Å². The number of likely N-dealkylation sites (N-methyl/N-ethyl adjacent to an activating group) is 1. The number of rotatable bonds is 47. The Morgan fingerprint density at radius 2 is 0.881 bits per heavy atom. The maximum Gasteiger partial charge on any atom is 0.306 e. The number of phosphoric ester groups is 1. The summed E-state index contributed by atoms with van der Waals surface area (Å²) in [6, 6.07) is 0. The Balaban J connectivity index is 4.15. The molecule has 0 amide bonds. The fourth-order valence-corrected chi connectivity index (χ4v) is 7.79. The van der Waals surface area contributed by atoms with Crippen molar-refractivity contribution in [1.29, 1.82) is 0 Å². The summed E-state index contributed by atoms with van der Waals surface area (Å²) >= 11 is 0. The van der Waals surface area contributed by atoms with Crippen LogP contribution in [0.15, 0.2) is 24.3 Å². The molecule has 0 aromatic heterocycles. The molecule has 0 saturated carbocycles. The van der Waals surface area contributed by atoms with Gasteiger partial charge in [0.15, 0.2) is 0 Å². The first kappa shape index (κ1) is 58.0. The molecule has 59 heavy (non-hydrogen) atoms. The molecule has 0 spiro atoms. The molecular weight excluding hydrogens is 758 g/mol. The molecule has 9 heteroatoms. The first-order chi connectivity index (χ1) is 28.6. The van der Waals surface area contributed by atoms with E-state index in [0.29, 0.717) is 24.1 Å². The van der Waals surface area contributed by atoms with Crippen LogP contribution in [-0.2, 0) is 27.9 Å². The Labute approximate surface area is 366 Å². The molecule has 0 N–H and O–H groups in total. The second kappa shape index (κ2) is 43.6. The molecular formula is C50H98NO7P. The number of esters is 1. The second-order valence-electron chi connectivity index (χ2n) is 18.2. The topological polar surface area (TPSA) is 94.1 Å². The number of hydrogen-bond donors (Lipinski definition) is 0. The van der Waals surface area contributed by atoms with Crippen molar-refractivity contribution in [1.82, 2.24) is 0 Å².